The quantitative estimate of drug-likeness (QED) is 0.736. The average Bonchev–Trinajstić information content (AvgIpc) is 3.39. The van der Waals surface area contributed by atoms with E-state index in [-0.39, 0.29) is 16.8 Å². The van der Waals surface area contributed by atoms with E-state index in [1.807, 2.05) is 0 Å². The van der Waals surface area contributed by atoms with Crippen LogP contribution in [0.4, 0.5) is 5.69 Å². The molecule has 0 aromatic heterocycles. The predicted octanol–water partition coefficient (Wildman–Crippen LogP) is 3.82. The monoisotopic (exact) mass is 364 g/mol. The zero-order valence-corrected chi connectivity index (χ0v) is 15.5. The molecule has 2 N–H and O–H groups in total. The minimum absolute atomic E-state index is 0.0412. The number of nitrogens with one attached hydrogen (secondary N) is 2. The van der Waals surface area contributed by atoms with Crippen LogP contribution in [0.15, 0.2) is 29.2 Å². The smallest absolute Gasteiger partial charge is 0.240 e. The van der Waals surface area contributed by atoms with E-state index < -0.39 is 10.0 Å². The van der Waals surface area contributed by atoms with Gasteiger partial charge in [-0.05, 0) is 49.8 Å². The Kier molecular flexibility index (Phi) is 6.12. The van der Waals surface area contributed by atoms with Gasteiger partial charge in [0.05, 0.1) is 4.90 Å². The maximum Gasteiger partial charge on any atom is 0.240 e. The summed E-state index contributed by atoms with van der Waals surface area (Å²) in [4.78, 5) is 12.3. The Morgan fingerprint density at radius 1 is 1.08 bits per heavy atom. The van der Waals surface area contributed by atoms with Crippen molar-refractivity contribution in [2.24, 2.45) is 5.92 Å². The van der Waals surface area contributed by atoms with Gasteiger partial charge in [-0.25, -0.2) is 13.1 Å². The molecule has 0 unspecified atom stereocenters. The van der Waals surface area contributed by atoms with Gasteiger partial charge in [0.25, 0.3) is 0 Å². The van der Waals surface area contributed by atoms with Crippen molar-refractivity contribution in [2.75, 3.05) is 5.32 Å². The molecule has 2 aliphatic rings. The Morgan fingerprint density at radius 3 is 2.56 bits per heavy atom. The average molecular weight is 365 g/mol. The number of benzene rings is 1. The third kappa shape index (κ3) is 5.82. The molecule has 0 heterocycles. The molecule has 3 rings (SSSR count). The molecule has 5 nitrogen and oxygen atoms in total. The van der Waals surface area contributed by atoms with Crippen molar-refractivity contribution in [3.05, 3.63) is 24.3 Å². The van der Waals surface area contributed by atoms with Crippen LogP contribution in [0.5, 0.6) is 0 Å². The van der Waals surface area contributed by atoms with Crippen LogP contribution < -0.4 is 10.0 Å². The van der Waals surface area contributed by atoms with E-state index in [4.69, 9.17) is 0 Å². The third-order valence-electron chi connectivity index (χ3n) is 5.07. The Bertz CT molecular complexity index is 692. The molecule has 2 fully saturated rings. The van der Waals surface area contributed by atoms with Gasteiger partial charge in [0.15, 0.2) is 0 Å². The molecule has 0 bridgehead atoms. The van der Waals surface area contributed by atoms with Crippen molar-refractivity contribution >= 4 is 21.6 Å². The summed E-state index contributed by atoms with van der Waals surface area (Å²) in [5.41, 5.74) is 0.543. The fourth-order valence-electron chi connectivity index (χ4n) is 3.48. The zero-order chi connectivity index (χ0) is 17.7. The molecule has 1 aromatic rings. The van der Waals surface area contributed by atoms with Gasteiger partial charge in [-0.3, -0.25) is 4.79 Å². The molecule has 25 heavy (non-hydrogen) atoms. The Morgan fingerprint density at radius 2 is 1.84 bits per heavy atom. The van der Waals surface area contributed by atoms with Crippen molar-refractivity contribution in [1.29, 1.82) is 0 Å². The molecule has 0 spiro atoms. The first-order valence-electron chi connectivity index (χ1n) is 9.45. The molecule has 0 atom stereocenters. The van der Waals surface area contributed by atoms with E-state index in [0.717, 1.165) is 31.6 Å². The summed E-state index contributed by atoms with van der Waals surface area (Å²) < 4.78 is 27.1. The molecule has 0 saturated heterocycles. The van der Waals surface area contributed by atoms with E-state index in [2.05, 4.69) is 10.0 Å². The standard InChI is InChI=1S/C19H28N2O3S/c22-19(11-4-8-15-6-2-1-3-7-15)20-17-9-5-10-18(14-17)25(23,24)21-16-12-13-16/h5,9-10,14-16,21H,1-4,6-8,11-13H2,(H,20,22). The van der Waals surface area contributed by atoms with Gasteiger partial charge < -0.3 is 5.32 Å². The first-order chi connectivity index (χ1) is 12.0. The Hall–Kier alpha value is -1.40. The number of amides is 1. The van der Waals surface area contributed by atoms with E-state index in [1.165, 1.54) is 38.2 Å². The fraction of sp³-hybridized carbons (Fsp3) is 0.632. The van der Waals surface area contributed by atoms with Crippen LogP contribution in [0.1, 0.15) is 64.2 Å². The molecule has 0 aliphatic heterocycles. The van der Waals surface area contributed by atoms with Crippen molar-refractivity contribution in [3.63, 3.8) is 0 Å². The highest BCUT2D eigenvalue weighted by atomic mass is 32.2. The highest BCUT2D eigenvalue weighted by Crippen LogP contribution is 2.28. The van der Waals surface area contributed by atoms with Crippen molar-refractivity contribution < 1.29 is 13.2 Å². The molecule has 1 aromatic carbocycles. The topological polar surface area (TPSA) is 75.3 Å². The summed E-state index contributed by atoms with van der Waals surface area (Å²) in [6.45, 7) is 0. The molecule has 6 heteroatoms. The summed E-state index contributed by atoms with van der Waals surface area (Å²) in [6.07, 6.45) is 10.9. The summed E-state index contributed by atoms with van der Waals surface area (Å²) in [6, 6.07) is 6.56. The van der Waals surface area contributed by atoms with E-state index >= 15 is 0 Å². The lowest BCUT2D eigenvalue weighted by Crippen LogP contribution is -2.25. The fourth-order valence-corrected chi connectivity index (χ4v) is 4.83. The van der Waals surface area contributed by atoms with Crippen molar-refractivity contribution in [3.8, 4) is 0 Å². The molecule has 2 saturated carbocycles. The largest absolute Gasteiger partial charge is 0.326 e. The molecule has 2 aliphatic carbocycles. The van der Waals surface area contributed by atoms with Crippen LogP contribution in [0.25, 0.3) is 0 Å². The summed E-state index contributed by atoms with van der Waals surface area (Å²) in [7, 11) is -3.49. The second-order valence-corrected chi connectivity index (χ2v) is 9.08. The Labute approximate surface area is 150 Å². The van der Waals surface area contributed by atoms with Crippen LogP contribution in [-0.2, 0) is 14.8 Å². The van der Waals surface area contributed by atoms with Gasteiger partial charge in [0.1, 0.15) is 0 Å². The minimum Gasteiger partial charge on any atom is -0.326 e. The number of carbonyl (C=O) groups is 1. The number of hydrogen-bond acceptors (Lipinski definition) is 3. The second-order valence-electron chi connectivity index (χ2n) is 7.37. The number of hydrogen-bond donors (Lipinski definition) is 2. The minimum atomic E-state index is -3.49. The van der Waals surface area contributed by atoms with Gasteiger partial charge in [-0.15, -0.1) is 0 Å². The molecular formula is C19H28N2O3S. The molecule has 138 valence electrons. The lowest BCUT2D eigenvalue weighted by Gasteiger charge is -2.21. The Balaban J connectivity index is 1.48. The molecule has 0 radical (unpaired) electrons. The maximum atomic E-state index is 12.2. The normalized spacial score (nSPS) is 18.9. The van der Waals surface area contributed by atoms with Gasteiger partial charge in [0.2, 0.25) is 15.9 Å². The summed E-state index contributed by atoms with van der Waals surface area (Å²) in [5, 5.41) is 2.83. The lowest BCUT2D eigenvalue weighted by atomic mass is 9.86. The maximum absolute atomic E-state index is 12.2. The molecule has 1 amide bonds. The third-order valence-corrected chi connectivity index (χ3v) is 6.59. The van der Waals surface area contributed by atoms with Gasteiger partial charge in [0, 0.05) is 18.2 Å². The predicted molar refractivity (Wildman–Crippen MR) is 98.8 cm³/mol. The lowest BCUT2D eigenvalue weighted by molar-refractivity contribution is -0.116. The molecular weight excluding hydrogens is 336 g/mol. The van der Waals surface area contributed by atoms with Gasteiger partial charge >= 0.3 is 0 Å². The first-order valence-corrected chi connectivity index (χ1v) is 10.9. The highest BCUT2D eigenvalue weighted by Gasteiger charge is 2.28. The van der Waals surface area contributed by atoms with Crippen LogP contribution in [0.2, 0.25) is 0 Å². The van der Waals surface area contributed by atoms with Crippen LogP contribution in [0, 0.1) is 5.92 Å². The van der Waals surface area contributed by atoms with E-state index in [9.17, 15) is 13.2 Å². The number of anilines is 1. The number of sulfonamides is 1. The second kappa shape index (κ2) is 8.32. The van der Waals surface area contributed by atoms with Crippen LogP contribution in [0.3, 0.4) is 0 Å². The van der Waals surface area contributed by atoms with Crippen LogP contribution >= 0.6 is 0 Å². The highest BCUT2D eigenvalue weighted by molar-refractivity contribution is 7.89. The zero-order valence-electron chi connectivity index (χ0n) is 14.7. The number of rotatable bonds is 8. The van der Waals surface area contributed by atoms with E-state index in [1.54, 1.807) is 18.2 Å². The van der Waals surface area contributed by atoms with Crippen molar-refractivity contribution in [2.45, 2.75) is 75.1 Å². The van der Waals surface area contributed by atoms with Gasteiger partial charge in [-0.2, -0.15) is 0 Å². The summed E-state index contributed by atoms with van der Waals surface area (Å²) in [5.74, 6) is 0.740. The van der Waals surface area contributed by atoms with E-state index in [0.29, 0.717) is 12.1 Å². The number of carbonyl (C=O) groups excluding carboxylic acids is 1. The van der Waals surface area contributed by atoms with Gasteiger partial charge in [-0.1, -0.05) is 38.2 Å². The van der Waals surface area contributed by atoms with Crippen molar-refractivity contribution in [1.82, 2.24) is 4.72 Å². The SMILES string of the molecule is O=C(CCCC1CCCCC1)Nc1cccc(S(=O)(=O)NC2CC2)c1. The summed E-state index contributed by atoms with van der Waals surface area (Å²) >= 11 is 0. The van der Waals surface area contributed by atoms with Crippen LogP contribution in [-0.4, -0.2) is 20.4 Å². The first kappa shape index (κ1) is 18.4.